The Bertz CT molecular complexity index is 919. The van der Waals surface area contributed by atoms with Gasteiger partial charge in [-0.15, -0.1) is 0 Å². The second kappa shape index (κ2) is 9.73. The molecule has 0 fully saturated rings. The van der Waals surface area contributed by atoms with Gasteiger partial charge in [0.15, 0.2) is 0 Å². The molecular weight excluding hydrogens is 364 g/mol. The Morgan fingerprint density at radius 3 is 2.31 bits per heavy atom. The molecule has 5 heteroatoms. The van der Waals surface area contributed by atoms with E-state index in [0.717, 1.165) is 16.9 Å². The Balaban J connectivity index is 1.73. The number of furan rings is 1. The molecule has 0 saturated heterocycles. The molecule has 2 amide bonds. The smallest absolute Gasteiger partial charge is 0.251 e. The number of rotatable bonds is 8. The Morgan fingerprint density at radius 2 is 1.69 bits per heavy atom. The molecule has 0 unspecified atom stereocenters. The van der Waals surface area contributed by atoms with Crippen molar-refractivity contribution in [1.82, 2.24) is 10.2 Å². The largest absolute Gasteiger partial charge is 0.467 e. The summed E-state index contributed by atoms with van der Waals surface area (Å²) in [5.41, 5.74) is 2.71. The molecule has 1 atom stereocenters. The number of benzene rings is 2. The Hall–Kier alpha value is -3.34. The summed E-state index contributed by atoms with van der Waals surface area (Å²) in [6, 6.07) is 21.1. The van der Waals surface area contributed by atoms with E-state index in [1.807, 2.05) is 54.6 Å². The van der Waals surface area contributed by atoms with E-state index in [1.54, 1.807) is 30.3 Å². The van der Waals surface area contributed by atoms with E-state index in [2.05, 4.69) is 12.2 Å². The second-order valence-corrected chi connectivity index (χ2v) is 7.12. The van der Waals surface area contributed by atoms with Crippen molar-refractivity contribution in [3.63, 3.8) is 0 Å². The second-order valence-electron chi connectivity index (χ2n) is 7.12. The molecule has 0 radical (unpaired) electrons. The zero-order valence-corrected chi connectivity index (χ0v) is 16.8. The van der Waals surface area contributed by atoms with Crippen LogP contribution in [-0.2, 0) is 17.9 Å². The summed E-state index contributed by atoms with van der Waals surface area (Å²) < 4.78 is 5.46. The van der Waals surface area contributed by atoms with E-state index < -0.39 is 0 Å². The molecule has 0 aliphatic carbocycles. The summed E-state index contributed by atoms with van der Waals surface area (Å²) in [5.74, 6) is 0.802. The molecule has 0 bridgehead atoms. The molecule has 1 heterocycles. The van der Waals surface area contributed by atoms with Crippen LogP contribution in [0, 0.1) is 0 Å². The molecule has 0 spiro atoms. The topological polar surface area (TPSA) is 62.6 Å². The zero-order valence-electron chi connectivity index (χ0n) is 16.8. The van der Waals surface area contributed by atoms with E-state index >= 15 is 0 Å². The fourth-order valence-corrected chi connectivity index (χ4v) is 3.24. The standard InChI is InChI=1S/C24H26N2O3/c1-18(20-7-4-3-5-8-20)15-23(27)26(17-22-9-6-14-29-22)16-19-10-12-21(13-11-19)24(28)25-2/h3-14,18H,15-17H2,1-2H3,(H,25,28)/t18-/m1/s1. The normalized spacial score (nSPS) is 11.7. The number of nitrogens with zero attached hydrogens (tertiary/aromatic N) is 1. The Morgan fingerprint density at radius 1 is 0.966 bits per heavy atom. The minimum Gasteiger partial charge on any atom is -0.467 e. The molecule has 150 valence electrons. The van der Waals surface area contributed by atoms with E-state index in [0.29, 0.717) is 25.1 Å². The summed E-state index contributed by atoms with van der Waals surface area (Å²) in [5, 5.41) is 2.61. The number of amides is 2. The van der Waals surface area contributed by atoms with E-state index in [-0.39, 0.29) is 17.7 Å². The van der Waals surface area contributed by atoms with Gasteiger partial charge in [0.25, 0.3) is 5.91 Å². The predicted molar refractivity (Wildman–Crippen MR) is 112 cm³/mol. The highest BCUT2D eigenvalue weighted by Gasteiger charge is 2.19. The van der Waals surface area contributed by atoms with Gasteiger partial charge in [0.2, 0.25) is 5.91 Å². The SMILES string of the molecule is CNC(=O)c1ccc(CN(Cc2ccco2)C(=O)C[C@@H](C)c2ccccc2)cc1. The quantitative estimate of drug-likeness (QED) is 0.622. The fourth-order valence-electron chi connectivity index (χ4n) is 3.24. The van der Waals surface area contributed by atoms with Crippen molar-refractivity contribution in [2.45, 2.75) is 32.4 Å². The maximum Gasteiger partial charge on any atom is 0.251 e. The van der Waals surface area contributed by atoms with Crippen LogP contribution in [0.25, 0.3) is 0 Å². The molecule has 0 aliphatic heterocycles. The van der Waals surface area contributed by atoms with Gasteiger partial charge in [-0.2, -0.15) is 0 Å². The van der Waals surface area contributed by atoms with Crippen LogP contribution in [0.4, 0.5) is 0 Å². The van der Waals surface area contributed by atoms with Gasteiger partial charge in [-0.05, 0) is 41.3 Å². The number of carbonyl (C=O) groups excluding carboxylic acids is 2. The maximum absolute atomic E-state index is 13.1. The van der Waals surface area contributed by atoms with Gasteiger partial charge < -0.3 is 14.6 Å². The van der Waals surface area contributed by atoms with E-state index in [4.69, 9.17) is 4.42 Å². The van der Waals surface area contributed by atoms with Crippen molar-refractivity contribution >= 4 is 11.8 Å². The lowest BCUT2D eigenvalue weighted by Crippen LogP contribution is -2.30. The van der Waals surface area contributed by atoms with Crippen molar-refractivity contribution in [2.75, 3.05) is 7.05 Å². The van der Waals surface area contributed by atoms with Crippen LogP contribution >= 0.6 is 0 Å². The van der Waals surface area contributed by atoms with E-state index in [9.17, 15) is 9.59 Å². The highest BCUT2D eigenvalue weighted by Crippen LogP contribution is 2.21. The Kier molecular flexibility index (Phi) is 6.85. The lowest BCUT2D eigenvalue weighted by molar-refractivity contribution is -0.133. The van der Waals surface area contributed by atoms with Crippen molar-refractivity contribution in [3.8, 4) is 0 Å². The van der Waals surface area contributed by atoms with Crippen LogP contribution in [0.1, 0.15) is 46.5 Å². The summed E-state index contributed by atoms with van der Waals surface area (Å²) in [7, 11) is 1.61. The molecule has 1 aromatic heterocycles. The number of hydrogen-bond donors (Lipinski definition) is 1. The molecule has 1 N–H and O–H groups in total. The van der Waals surface area contributed by atoms with Crippen LogP contribution in [-0.4, -0.2) is 23.8 Å². The molecule has 3 aromatic rings. The molecule has 29 heavy (non-hydrogen) atoms. The van der Waals surface area contributed by atoms with Gasteiger partial charge >= 0.3 is 0 Å². The van der Waals surface area contributed by atoms with Crippen LogP contribution in [0.5, 0.6) is 0 Å². The lowest BCUT2D eigenvalue weighted by atomic mass is 9.97. The van der Waals surface area contributed by atoms with Crippen molar-refractivity contribution in [2.24, 2.45) is 0 Å². The first-order chi connectivity index (χ1) is 14.1. The monoisotopic (exact) mass is 390 g/mol. The zero-order chi connectivity index (χ0) is 20.6. The average Bonchev–Trinajstić information content (AvgIpc) is 3.27. The predicted octanol–water partition coefficient (Wildman–Crippen LogP) is 4.36. The van der Waals surface area contributed by atoms with Crippen LogP contribution in [0.2, 0.25) is 0 Å². The third-order valence-electron chi connectivity index (χ3n) is 4.95. The molecule has 2 aromatic carbocycles. The summed E-state index contributed by atoms with van der Waals surface area (Å²) in [4.78, 5) is 26.6. The number of hydrogen-bond acceptors (Lipinski definition) is 3. The minimum atomic E-state index is -0.128. The van der Waals surface area contributed by atoms with Crippen molar-refractivity contribution in [1.29, 1.82) is 0 Å². The molecule has 0 saturated carbocycles. The first kappa shape index (κ1) is 20.4. The third kappa shape index (κ3) is 5.57. The number of carbonyl (C=O) groups is 2. The van der Waals surface area contributed by atoms with Gasteiger partial charge in [-0.3, -0.25) is 9.59 Å². The van der Waals surface area contributed by atoms with Crippen molar-refractivity contribution < 1.29 is 14.0 Å². The van der Waals surface area contributed by atoms with Gasteiger partial charge in [0.05, 0.1) is 12.8 Å². The first-order valence-electron chi connectivity index (χ1n) is 9.73. The van der Waals surface area contributed by atoms with Crippen molar-refractivity contribution in [3.05, 3.63) is 95.4 Å². The first-order valence-corrected chi connectivity index (χ1v) is 9.73. The van der Waals surface area contributed by atoms with Gasteiger partial charge in [-0.1, -0.05) is 49.4 Å². The van der Waals surface area contributed by atoms with Gasteiger partial charge in [0.1, 0.15) is 5.76 Å². The summed E-state index contributed by atoms with van der Waals surface area (Å²) in [6.07, 6.45) is 2.03. The molecule has 0 aliphatic rings. The third-order valence-corrected chi connectivity index (χ3v) is 4.95. The molecule has 5 nitrogen and oxygen atoms in total. The van der Waals surface area contributed by atoms with Crippen LogP contribution in [0.3, 0.4) is 0 Å². The van der Waals surface area contributed by atoms with Crippen LogP contribution < -0.4 is 5.32 Å². The fraction of sp³-hybridized carbons (Fsp3) is 0.250. The number of nitrogens with one attached hydrogen (secondary N) is 1. The highest BCUT2D eigenvalue weighted by molar-refractivity contribution is 5.93. The Labute approximate surface area is 171 Å². The minimum absolute atomic E-state index is 0.0631. The summed E-state index contributed by atoms with van der Waals surface area (Å²) in [6.45, 7) is 2.93. The highest BCUT2D eigenvalue weighted by atomic mass is 16.3. The van der Waals surface area contributed by atoms with Gasteiger partial charge in [-0.25, -0.2) is 0 Å². The van der Waals surface area contributed by atoms with Crippen LogP contribution in [0.15, 0.2) is 77.4 Å². The summed E-state index contributed by atoms with van der Waals surface area (Å²) >= 11 is 0. The average molecular weight is 390 g/mol. The van der Waals surface area contributed by atoms with Gasteiger partial charge in [0, 0.05) is 25.6 Å². The maximum atomic E-state index is 13.1. The lowest BCUT2D eigenvalue weighted by Gasteiger charge is -2.24. The molecule has 3 rings (SSSR count). The van der Waals surface area contributed by atoms with E-state index in [1.165, 1.54) is 0 Å². The molecular formula is C24H26N2O3.